The molecule has 36 heavy (non-hydrogen) atoms. The highest BCUT2D eigenvalue weighted by molar-refractivity contribution is 5.65. The highest BCUT2D eigenvalue weighted by atomic mass is 19.1. The van der Waals surface area contributed by atoms with Crippen LogP contribution < -0.4 is 4.74 Å². The Kier molecular flexibility index (Phi) is 13.4. The number of aryl methyl sites for hydroxylation is 1. The fraction of sp³-hybridized carbons (Fsp3) is 0.647. The summed E-state index contributed by atoms with van der Waals surface area (Å²) in [7, 11) is 0. The molecule has 1 aliphatic rings. The number of rotatable bonds is 17. The summed E-state index contributed by atoms with van der Waals surface area (Å²) in [6.07, 6.45) is 23.0. The first-order valence-corrected chi connectivity index (χ1v) is 15.2. The summed E-state index contributed by atoms with van der Waals surface area (Å²) in [5.74, 6) is 1.99. The molecule has 0 heterocycles. The molecule has 200 valence electrons. The van der Waals surface area contributed by atoms with Crippen LogP contribution in [0.3, 0.4) is 0 Å². The predicted octanol–water partition coefficient (Wildman–Crippen LogP) is 10.9. The predicted molar refractivity (Wildman–Crippen MR) is 153 cm³/mol. The van der Waals surface area contributed by atoms with E-state index in [2.05, 4.69) is 26.0 Å². The van der Waals surface area contributed by atoms with Gasteiger partial charge in [-0.25, -0.2) is 4.39 Å². The number of hydrogen-bond donors (Lipinski definition) is 0. The van der Waals surface area contributed by atoms with Gasteiger partial charge in [0.05, 0.1) is 6.61 Å². The Labute approximate surface area is 221 Å². The third-order valence-electron chi connectivity index (χ3n) is 8.16. The Balaban J connectivity index is 1.28. The second kappa shape index (κ2) is 16.8. The maximum Gasteiger partial charge on any atom is 0.134 e. The van der Waals surface area contributed by atoms with Crippen molar-refractivity contribution in [1.29, 1.82) is 0 Å². The van der Waals surface area contributed by atoms with Gasteiger partial charge >= 0.3 is 0 Å². The number of hydrogen-bond acceptors (Lipinski definition) is 1. The van der Waals surface area contributed by atoms with Crippen LogP contribution in [0.15, 0.2) is 42.5 Å². The van der Waals surface area contributed by atoms with Gasteiger partial charge in [0.2, 0.25) is 0 Å². The molecule has 0 spiro atoms. The highest BCUT2D eigenvalue weighted by Crippen LogP contribution is 2.33. The zero-order valence-electron chi connectivity index (χ0n) is 23.2. The average molecular weight is 495 g/mol. The van der Waals surface area contributed by atoms with Gasteiger partial charge < -0.3 is 4.74 Å². The Morgan fingerprint density at radius 3 is 1.92 bits per heavy atom. The lowest BCUT2D eigenvalue weighted by atomic mass is 9.80. The van der Waals surface area contributed by atoms with E-state index in [-0.39, 0.29) is 5.82 Å². The Morgan fingerprint density at radius 2 is 1.31 bits per heavy atom. The van der Waals surface area contributed by atoms with Crippen molar-refractivity contribution in [3.05, 3.63) is 53.8 Å². The molecule has 1 aliphatic carbocycles. The van der Waals surface area contributed by atoms with Crippen molar-refractivity contribution >= 4 is 0 Å². The summed E-state index contributed by atoms with van der Waals surface area (Å²) in [4.78, 5) is 0. The van der Waals surface area contributed by atoms with E-state index < -0.39 is 0 Å². The molecule has 2 aromatic carbocycles. The summed E-state index contributed by atoms with van der Waals surface area (Å²) in [5, 5.41) is 0. The van der Waals surface area contributed by atoms with Crippen LogP contribution in [0.25, 0.3) is 11.1 Å². The van der Waals surface area contributed by atoms with Gasteiger partial charge in [-0.1, -0.05) is 128 Å². The van der Waals surface area contributed by atoms with Gasteiger partial charge in [-0.15, -0.1) is 0 Å². The van der Waals surface area contributed by atoms with Gasteiger partial charge in [-0.3, -0.25) is 0 Å². The summed E-state index contributed by atoms with van der Waals surface area (Å²) in [5.41, 5.74) is 2.89. The van der Waals surface area contributed by atoms with Crippen molar-refractivity contribution in [3.8, 4) is 16.9 Å². The Bertz CT molecular complexity index is 835. The zero-order valence-corrected chi connectivity index (χ0v) is 23.2. The molecular formula is C34H51FO. The number of benzene rings is 2. The molecule has 1 nitrogen and oxygen atoms in total. The molecule has 0 bridgehead atoms. The first kappa shape index (κ1) is 28.7. The van der Waals surface area contributed by atoms with E-state index in [9.17, 15) is 4.39 Å². The molecule has 0 N–H and O–H groups in total. The molecule has 0 unspecified atom stereocenters. The van der Waals surface area contributed by atoms with Gasteiger partial charge in [0, 0.05) is 11.6 Å². The quantitative estimate of drug-likeness (QED) is 0.199. The largest absolute Gasteiger partial charge is 0.493 e. The van der Waals surface area contributed by atoms with Crippen molar-refractivity contribution < 1.29 is 9.13 Å². The number of unbranched alkanes of at least 4 members (excludes halogenated alkanes) is 9. The minimum absolute atomic E-state index is 0.198. The molecule has 0 aromatic heterocycles. The van der Waals surface area contributed by atoms with Gasteiger partial charge in [0.15, 0.2) is 0 Å². The maximum atomic E-state index is 14.8. The smallest absolute Gasteiger partial charge is 0.134 e. The lowest BCUT2D eigenvalue weighted by molar-refractivity contribution is 0.177. The van der Waals surface area contributed by atoms with Crippen LogP contribution in [0.1, 0.15) is 122 Å². The van der Waals surface area contributed by atoms with Crippen LogP contribution in [0.4, 0.5) is 4.39 Å². The molecule has 3 rings (SSSR count). The lowest BCUT2D eigenvalue weighted by Gasteiger charge is -2.28. The minimum atomic E-state index is -0.198. The molecule has 1 saturated carbocycles. The van der Waals surface area contributed by atoms with E-state index in [1.165, 1.54) is 102 Å². The van der Waals surface area contributed by atoms with Gasteiger partial charge in [-0.2, -0.15) is 0 Å². The summed E-state index contributed by atoms with van der Waals surface area (Å²) in [6.45, 7) is 5.18. The molecule has 0 aliphatic heterocycles. The van der Waals surface area contributed by atoms with E-state index in [0.717, 1.165) is 30.9 Å². The molecule has 2 aromatic rings. The van der Waals surface area contributed by atoms with Crippen LogP contribution in [0.2, 0.25) is 0 Å². The van der Waals surface area contributed by atoms with Crippen molar-refractivity contribution in [1.82, 2.24) is 0 Å². The topological polar surface area (TPSA) is 9.23 Å². The number of ether oxygens (including phenoxy) is 1. The summed E-state index contributed by atoms with van der Waals surface area (Å²) in [6, 6.07) is 13.6. The third-order valence-corrected chi connectivity index (χ3v) is 8.16. The van der Waals surface area contributed by atoms with Gasteiger partial charge in [0.1, 0.15) is 11.6 Å². The zero-order chi connectivity index (χ0) is 25.4. The second-order valence-electron chi connectivity index (χ2n) is 11.3. The summed E-state index contributed by atoms with van der Waals surface area (Å²) < 4.78 is 20.8. The second-order valence-corrected chi connectivity index (χ2v) is 11.3. The van der Waals surface area contributed by atoms with Crippen LogP contribution >= 0.6 is 0 Å². The van der Waals surface area contributed by atoms with Crippen LogP contribution in [0, 0.1) is 17.7 Å². The first-order chi connectivity index (χ1) is 17.7. The highest BCUT2D eigenvalue weighted by Gasteiger charge is 2.21. The SMILES string of the molecule is CCCCCCCCCCCC[C@H]1CC[C@H](COc2ccc(-c3ccc(CCC)cc3)c(F)c2)CC1. The van der Waals surface area contributed by atoms with E-state index >= 15 is 0 Å². The average Bonchev–Trinajstić information content (AvgIpc) is 2.90. The van der Waals surface area contributed by atoms with Crippen LogP contribution in [-0.2, 0) is 6.42 Å². The molecular weight excluding hydrogens is 443 g/mol. The molecule has 0 saturated heterocycles. The fourth-order valence-electron chi connectivity index (χ4n) is 5.78. The Morgan fingerprint density at radius 1 is 0.694 bits per heavy atom. The monoisotopic (exact) mass is 494 g/mol. The molecule has 2 heteroatoms. The first-order valence-electron chi connectivity index (χ1n) is 15.2. The summed E-state index contributed by atoms with van der Waals surface area (Å²) >= 11 is 0. The molecule has 0 amide bonds. The number of halogens is 1. The van der Waals surface area contributed by atoms with Crippen molar-refractivity contribution in [2.75, 3.05) is 6.61 Å². The van der Waals surface area contributed by atoms with Crippen LogP contribution in [0.5, 0.6) is 5.75 Å². The maximum absolute atomic E-state index is 14.8. The van der Waals surface area contributed by atoms with E-state index in [4.69, 9.17) is 4.74 Å². The van der Waals surface area contributed by atoms with Crippen molar-refractivity contribution in [3.63, 3.8) is 0 Å². The molecule has 0 radical (unpaired) electrons. The fourth-order valence-corrected chi connectivity index (χ4v) is 5.78. The van der Waals surface area contributed by atoms with E-state index in [1.807, 2.05) is 24.3 Å². The van der Waals surface area contributed by atoms with Crippen molar-refractivity contribution in [2.45, 2.75) is 123 Å². The van der Waals surface area contributed by atoms with Gasteiger partial charge in [-0.05, 0) is 54.4 Å². The van der Waals surface area contributed by atoms with Gasteiger partial charge in [0.25, 0.3) is 0 Å². The lowest BCUT2D eigenvalue weighted by Crippen LogP contribution is -2.20. The van der Waals surface area contributed by atoms with Crippen molar-refractivity contribution in [2.24, 2.45) is 11.8 Å². The molecule has 0 atom stereocenters. The third kappa shape index (κ3) is 10.3. The standard InChI is InChI=1S/C34H51FO/c1-3-5-6-7-8-9-10-11-12-13-15-29-16-18-30(19-17-29)27-36-32-24-25-33(34(35)26-32)31-22-20-28(14-4-2)21-23-31/h20-26,29-30H,3-19,27H2,1-2H3/t29-,30-. The van der Waals surface area contributed by atoms with E-state index in [1.54, 1.807) is 6.07 Å². The minimum Gasteiger partial charge on any atom is -0.493 e. The Hall–Kier alpha value is -1.83. The molecule has 1 fully saturated rings. The normalized spacial score (nSPS) is 17.9. The van der Waals surface area contributed by atoms with E-state index in [0.29, 0.717) is 17.2 Å². The van der Waals surface area contributed by atoms with Crippen LogP contribution in [-0.4, -0.2) is 6.61 Å².